The summed E-state index contributed by atoms with van der Waals surface area (Å²) < 4.78 is 1.69. The summed E-state index contributed by atoms with van der Waals surface area (Å²) in [6.07, 6.45) is 6.92. The van der Waals surface area contributed by atoms with Crippen molar-refractivity contribution in [1.82, 2.24) is 35.0 Å². The number of aromatic nitrogens is 6. The molecule has 1 atom stereocenters. The summed E-state index contributed by atoms with van der Waals surface area (Å²) in [5.41, 5.74) is 6.58. The van der Waals surface area contributed by atoms with Crippen LogP contribution in [0.1, 0.15) is 40.2 Å². The monoisotopic (exact) mass is 492 g/mol. The van der Waals surface area contributed by atoms with E-state index in [2.05, 4.69) is 43.7 Å². The summed E-state index contributed by atoms with van der Waals surface area (Å²) in [4.78, 5) is 30.9. The number of fused-ring (bicyclic) bond motifs is 1. The Morgan fingerprint density at radius 3 is 2.59 bits per heavy atom. The summed E-state index contributed by atoms with van der Waals surface area (Å²) >= 11 is 0. The van der Waals surface area contributed by atoms with Gasteiger partial charge >= 0.3 is 0 Å². The molecule has 0 bridgehead atoms. The Kier molecular flexibility index (Phi) is 6.59. The molecule has 9 nitrogen and oxygen atoms in total. The first kappa shape index (κ1) is 24.1. The number of nitrogens with zero attached hydrogens (tertiary/aromatic N) is 6. The Hall–Kier alpha value is -4.66. The third-order valence-corrected chi connectivity index (χ3v) is 6.33. The lowest BCUT2D eigenvalue weighted by molar-refractivity contribution is 0.0964. The molecule has 0 radical (unpaired) electrons. The number of rotatable bonds is 7. The fourth-order valence-electron chi connectivity index (χ4n) is 4.32. The molecule has 0 fully saturated rings. The van der Waals surface area contributed by atoms with Crippen molar-refractivity contribution in [2.45, 2.75) is 26.7 Å². The van der Waals surface area contributed by atoms with Crippen molar-refractivity contribution < 1.29 is 4.79 Å². The molecule has 4 heterocycles. The number of benzene rings is 1. The SMILES string of the molecule is CNC(=O)c1c(-n2ccc(C)n2)cnc2c([C@H](C)CNc3cc(-c4ccc(C)nc4)ncn3)cccc12. The van der Waals surface area contributed by atoms with E-state index in [0.29, 0.717) is 17.8 Å². The van der Waals surface area contributed by atoms with Gasteiger partial charge in [0, 0.05) is 54.6 Å². The number of anilines is 1. The Morgan fingerprint density at radius 2 is 1.86 bits per heavy atom. The van der Waals surface area contributed by atoms with Gasteiger partial charge in [-0.1, -0.05) is 25.1 Å². The fraction of sp³-hybridized carbons (Fsp3) is 0.214. The lowest BCUT2D eigenvalue weighted by Crippen LogP contribution is -2.21. The zero-order chi connectivity index (χ0) is 25.9. The zero-order valence-corrected chi connectivity index (χ0v) is 21.2. The van der Waals surface area contributed by atoms with E-state index >= 15 is 0 Å². The van der Waals surface area contributed by atoms with Gasteiger partial charge in [-0.25, -0.2) is 14.6 Å². The molecule has 5 rings (SSSR count). The first-order valence-electron chi connectivity index (χ1n) is 12.1. The quantitative estimate of drug-likeness (QED) is 0.345. The lowest BCUT2D eigenvalue weighted by atomic mass is 9.95. The molecule has 2 N–H and O–H groups in total. The topological polar surface area (TPSA) is 111 Å². The number of carbonyl (C=O) groups excluding carboxylic acids is 1. The molecule has 4 aromatic heterocycles. The van der Waals surface area contributed by atoms with Gasteiger partial charge in [0.15, 0.2) is 0 Å². The van der Waals surface area contributed by atoms with Crippen LogP contribution < -0.4 is 10.6 Å². The molecule has 186 valence electrons. The van der Waals surface area contributed by atoms with Gasteiger partial charge in [-0.15, -0.1) is 0 Å². The van der Waals surface area contributed by atoms with Crippen LogP contribution in [0.2, 0.25) is 0 Å². The standard InChI is InChI=1S/C28H28N8O/c1-17(13-31-25-12-23(33-16-34-25)20-9-8-18(2)30-14-20)21-6-5-7-22-26(28(37)29-4)24(15-32-27(21)22)36-11-10-19(3)35-36/h5-12,14-17H,13H2,1-4H3,(H,29,37)(H,31,33,34)/t17-/m1/s1. The second-order valence-corrected chi connectivity index (χ2v) is 9.00. The number of aryl methyl sites for hydroxylation is 2. The van der Waals surface area contributed by atoms with Gasteiger partial charge in [0.05, 0.1) is 34.4 Å². The van der Waals surface area contributed by atoms with E-state index in [1.807, 2.05) is 62.6 Å². The normalized spacial score (nSPS) is 11.9. The third-order valence-electron chi connectivity index (χ3n) is 6.33. The van der Waals surface area contributed by atoms with Gasteiger partial charge in [0.1, 0.15) is 12.1 Å². The van der Waals surface area contributed by atoms with Crippen LogP contribution in [0.15, 0.2) is 67.4 Å². The Labute approximate surface area is 215 Å². The van der Waals surface area contributed by atoms with Crippen molar-refractivity contribution in [3.05, 3.63) is 89.9 Å². The van der Waals surface area contributed by atoms with Gasteiger partial charge in [-0.05, 0) is 37.6 Å². The van der Waals surface area contributed by atoms with Crippen molar-refractivity contribution in [3.8, 4) is 16.9 Å². The van der Waals surface area contributed by atoms with Crippen molar-refractivity contribution >= 4 is 22.6 Å². The molecule has 0 saturated carbocycles. The highest BCUT2D eigenvalue weighted by Crippen LogP contribution is 2.30. The Bertz CT molecular complexity index is 1580. The highest BCUT2D eigenvalue weighted by atomic mass is 16.1. The molecule has 9 heteroatoms. The molecular weight excluding hydrogens is 464 g/mol. The van der Waals surface area contributed by atoms with Crippen LogP contribution in [0.25, 0.3) is 27.8 Å². The van der Waals surface area contributed by atoms with E-state index < -0.39 is 0 Å². The Balaban J connectivity index is 1.44. The molecule has 0 saturated heterocycles. The van der Waals surface area contributed by atoms with E-state index in [9.17, 15) is 4.79 Å². The summed E-state index contributed by atoms with van der Waals surface area (Å²) in [7, 11) is 1.63. The number of amides is 1. The lowest BCUT2D eigenvalue weighted by Gasteiger charge is -2.18. The summed E-state index contributed by atoms with van der Waals surface area (Å²) in [6.45, 7) is 6.62. The summed E-state index contributed by atoms with van der Waals surface area (Å²) in [5.74, 6) is 0.636. The van der Waals surface area contributed by atoms with E-state index in [4.69, 9.17) is 4.98 Å². The van der Waals surface area contributed by atoms with E-state index in [1.165, 1.54) is 0 Å². The van der Waals surface area contributed by atoms with Gasteiger partial charge < -0.3 is 10.6 Å². The van der Waals surface area contributed by atoms with Crippen LogP contribution in [0.3, 0.4) is 0 Å². The van der Waals surface area contributed by atoms with Crippen LogP contribution in [0.5, 0.6) is 0 Å². The summed E-state index contributed by atoms with van der Waals surface area (Å²) in [6, 6.07) is 13.7. The molecule has 0 aliphatic heterocycles. The molecule has 0 aliphatic rings. The number of hydrogen-bond acceptors (Lipinski definition) is 7. The number of pyridine rings is 2. The highest BCUT2D eigenvalue weighted by Gasteiger charge is 2.20. The number of hydrogen-bond donors (Lipinski definition) is 2. The van der Waals surface area contributed by atoms with E-state index in [0.717, 1.165) is 44.9 Å². The van der Waals surface area contributed by atoms with Crippen LogP contribution in [-0.4, -0.2) is 49.2 Å². The maximum Gasteiger partial charge on any atom is 0.253 e. The van der Waals surface area contributed by atoms with Crippen LogP contribution in [0, 0.1) is 13.8 Å². The molecule has 0 unspecified atom stereocenters. The third kappa shape index (κ3) is 4.88. The highest BCUT2D eigenvalue weighted by molar-refractivity contribution is 6.09. The smallest absolute Gasteiger partial charge is 0.253 e. The molecule has 0 aliphatic carbocycles. The number of nitrogens with one attached hydrogen (secondary N) is 2. The molecule has 1 aromatic carbocycles. The second-order valence-electron chi connectivity index (χ2n) is 9.00. The van der Waals surface area contributed by atoms with Crippen LogP contribution >= 0.6 is 0 Å². The largest absolute Gasteiger partial charge is 0.369 e. The Morgan fingerprint density at radius 1 is 1.00 bits per heavy atom. The van der Waals surface area contributed by atoms with Crippen LogP contribution in [0.4, 0.5) is 5.82 Å². The fourth-order valence-corrected chi connectivity index (χ4v) is 4.32. The zero-order valence-electron chi connectivity index (χ0n) is 21.2. The minimum Gasteiger partial charge on any atom is -0.369 e. The maximum atomic E-state index is 13.0. The van der Waals surface area contributed by atoms with Gasteiger partial charge in [0.2, 0.25) is 0 Å². The maximum absolute atomic E-state index is 13.0. The van der Waals surface area contributed by atoms with Crippen molar-refractivity contribution in [2.75, 3.05) is 18.9 Å². The van der Waals surface area contributed by atoms with Crippen molar-refractivity contribution in [3.63, 3.8) is 0 Å². The van der Waals surface area contributed by atoms with Gasteiger partial charge in [-0.3, -0.25) is 14.8 Å². The second kappa shape index (κ2) is 10.1. The first-order valence-corrected chi connectivity index (χ1v) is 12.1. The van der Waals surface area contributed by atoms with Crippen molar-refractivity contribution in [2.24, 2.45) is 0 Å². The number of para-hydroxylation sites is 1. The molecule has 5 aromatic rings. The van der Waals surface area contributed by atoms with Gasteiger partial charge in [-0.2, -0.15) is 5.10 Å². The summed E-state index contributed by atoms with van der Waals surface area (Å²) in [5, 5.41) is 11.5. The average Bonchev–Trinajstić information content (AvgIpc) is 3.36. The molecule has 37 heavy (non-hydrogen) atoms. The molecule has 0 spiro atoms. The van der Waals surface area contributed by atoms with E-state index in [-0.39, 0.29) is 11.8 Å². The minimum atomic E-state index is -0.183. The van der Waals surface area contributed by atoms with Crippen molar-refractivity contribution in [1.29, 1.82) is 0 Å². The van der Waals surface area contributed by atoms with Crippen LogP contribution in [-0.2, 0) is 0 Å². The first-order chi connectivity index (χ1) is 17.9. The predicted molar refractivity (Wildman–Crippen MR) is 144 cm³/mol. The molecular formula is C28H28N8O. The van der Waals surface area contributed by atoms with E-state index in [1.54, 1.807) is 24.3 Å². The predicted octanol–water partition coefficient (Wildman–Crippen LogP) is 4.46. The average molecular weight is 493 g/mol. The minimum absolute atomic E-state index is 0.0889. The van der Waals surface area contributed by atoms with Gasteiger partial charge in [0.25, 0.3) is 5.91 Å². The number of carbonyl (C=O) groups is 1. The molecule has 1 amide bonds.